The Hall–Kier alpha value is -1.31. The number of aliphatic hydroxyl groups is 1. The number of aryl methyl sites for hydroxylation is 1. The van der Waals surface area contributed by atoms with Gasteiger partial charge in [-0.2, -0.15) is 28.8 Å². The lowest BCUT2D eigenvalue weighted by Gasteiger charge is -2.31. The van der Waals surface area contributed by atoms with Crippen LogP contribution in [-0.2, 0) is 62.5 Å². The molecule has 5 rings (SSSR count). The first-order valence-corrected chi connectivity index (χ1v) is 22.0. The summed E-state index contributed by atoms with van der Waals surface area (Å²) in [4.78, 5) is 7.93. The summed E-state index contributed by atoms with van der Waals surface area (Å²) in [6.07, 6.45) is -1.88. The molecule has 52 heavy (non-hydrogen) atoms. The van der Waals surface area contributed by atoms with Gasteiger partial charge in [-0.1, -0.05) is 17.7 Å². The fraction of sp³-hybridized carbons (Fsp3) is 0.481. The van der Waals surface area contributed by atoms with Crippen LogP contribution in [0.4, 0.5) is 0 Å². The van der Waals surface area contributed by atoms with E-state index in [1.54, 1.807) is 19.1 Å². The zero-order valence-corrected chi connectivity index (χ0v) is 32.7. The predicted molar refractivity (Wildman–Crippen MR) is 191 cm³/mol. The normalized spacial score (nSPS) is 22.0. The number of hydrogen-bond donors (Lipinski definition) is 3. The highest BCUT2D eigenvalue weighted by Crippen LogP contribution is 2.45. The highest BCUT2D eigenvalue weighted by molar-refractivity contribution is 7.98. The molecule has 5 N–H and O–H groups in total. The van der Waals surface area contributed by atoms with Crippen molar-refractivity contribution in [2.24, 2.45) is 11.8 Å². The molecule has 0 fully saturated rings. The first kappa shape index (κ1) is 35.1. The minimum Gasteiger partial charge on any atom is -0.387 e. The van der Waals surface area contributed by atoms with Crippen LogP contribution in [0.15, 0.2) is 58.1 Å². The molecule has 2 aliphatic rings. The summed E-state index contributed by atoms with van der Waals surface area (Å²) in [5.74, 6) is 9.57. The molecule has 1 aromatic carbocycles. The van der Waals surface area contributed by atoms with Crippen molar-refractivity contribution >= 4 is 76.9 Å². The lowest BCUT2D eigenvalue weighted by Crippen LogP contribution is -2.41. The fourth-order valence-corrected chi connectivity index (χ4v) is 13.9. The molecule has 0 radical (unpaired) electrons. The van der Waals surface area contributed by atoms with Crippen LogP contribution >= 0.6 is 46.8 Å². The van der Waals surface area contributed by atoms with Gasteiger partial charge in [-0.25, -0.2) is 16.8 Å². The van der Waals surface area contributed by atoms with E-state index in [0.717, 1.165) is 48.9 Å². The number of ether oxygens (including phenoxy) is 2. The number of β-amino-alcohol motifs (C(OH)–C–C–N with tert-alkyl or cyclic N) is 1. The largest absolute Gasteiger partial charge is 0.387 e. The predicted octanol–water partition coefficient (Wildman–Crippen LogP) is 3.02. The molecular formula is C27H38N4O14S7. The molecule has 18 nitrogen and oxygen atoms in total. The molecule has 0 bridgehead atoms. The van der Waals surface area contributed by atoms with Crippen LogP contribution in [0.3, 0.4) is 0 Å². The Bertz CT molecular complexity index is 2160. The smallest absolute Gasteiger partial charge is 0.297 e. The van der Waals surface area contributed by atoms with Crippen LogP contribution in [0.1, 0.15) is 50.0 Å². The number of rotatable bonds is 17. The molecule has 25 heteroatoms. The van der Waals surface area contributed by atoms with E-state index in [2.05, 4.69) is 28.1 Å². The summed E-state index contributed by atoms with van der Waals surface area (Å²) in [7, 11) is -17.2. The second kappa shape index (κ2) is 19.5. The first-order chi connectivity index (χ1) is 27.0. The van der Waals surface area contributed by atoms with Crippen molar-refractivity contribution in [3.63, 3.8) is 0 Å². The molecule has 0 saturated heterocycles. The van der Waals surface area contributed by atoms with E-state index in [1.165, 1.54) is 24.3 Å². The molecule has 2 unspecified atom stereocenters. The van der Waals surface area contributed by atoms with E-state index >= 15 is 0 Å². The van der Waals surface area contributed by atoms with E-state index < -0.39 is 56.4 Å². The lowest BCUT2D eigenvalue weighted by molar-refractivity contribution is -0.195. The summed E-state index contributed by atoms with van der Waals surface area (Å²) in [5, 5.41) is 10.2. The van der Waals surface area contributed by atoms with Gasteiger partial charge in [0.05, 0.1) is 51.7 Å². The number of thiophene rings is 2. The number of benzene rings is 1. The van der Waals surface area contributed by atoms with Gasteiger partial charge >= 0.3 is 0 Å². The van der Waals surface area contributed by atoms with Gasteiger partial charge in [0.2, 0.25) is 0 Å². The number of sulfonamides is 2. The Morgan fingerprint density at radius 2 is 1.37 bits per heavy atom. The third kappa shape index (κ3) is 10.7. The van der Waals surface area contributed by atoms with Crippen LogP contribution in [0, 0.1) is 6.92 Å². The van der Waals surface area contributed by atoms with Gasteiger partial charge < -0.3 is 14.6 Å². The van der Waals surface area contributed by atoms with Crippen molar-refractivity contribution in [2.45, 2.75) is 53.7 Å². The van der Waals surface area contributed by atoms with Crippen molar-refractivity contribution in [1.82, 2.24) is 8.61 Å². The number of aliphatic hydroxyl groups excluding tert-OH is 1. The first-order valence-electron chi connectivity index (χ1n) is 17.6. The number of nitrogens with two attached hydrogens (primary N) is 2. The van der Waals surface area contributed by atoms with Gasteiger partial charge in [-0.05, 0) is 44.0 Å². The van der Waals surface area contributed by atoms with Crippen molar-refractivity contribution in [1.29, 1.82) is 0 Å². The van der Waals surface area contributed by atoms with Gasteiger partial charge in [-0.3, -0.25) is 4.18 Å². The third-order valence-corrected chi connectivity index (χ3v) is 17.0. The SMILES string of the molecule is [2H]C([2H])([2H])OCCCN1CC(O)c2cc(SOON)sc2S1(=O)=O.[2H]C([2H])([2H])OCCCN1CC(OS(=O)(=O)c2ccc(C)cc2)c2cc(SOON)sc2S1(=O)=O. The maximum atomic E-state index is 13.2. The molecule has 0 saturated carbocycles. The number of methoxy groups -OCH3 is 2. The minimum absolute atomic E-state index is 0.0149. The second-order valence-corrected chi connectivity index (χ2v) is 20.6. The number of nitrogens with zero attached hydrogens (tertiary/aromatic N) is 2. The zero-order valence-electron chi connectivity index (χ0n) is 32.9. The average molecular weight is 873 g/mol. The van der Waals surface area contributed by atoms with E-state index in [-0.39, 0.29) is 76.7 Å². The van der Waals surface area contributed by atoms with E-state index in [1.807, 2.05) is 0 Å². The molecule has 2 aromatic heterocycles. The average Bonchev–Trinajstić information content (AvgIpc) is 3.77. The van der Waals surface area contributed by atoms with Gasteiger partial charge in [0.1, 0.15) is 14.5 Å². The summed E-state index contributed by atoms with van der Waals surface area (Å²) in [5.41, 5.74) is 1.30. The standard InChI is InChI=1S/C17H22N2O8S4.C10H16N2O6S3/c1-12-4-6-13(7-5-12)31(22,23)25-15-11-19(8-3-9-24-2)30(20,21)17-14(15)10-16(28-17)29-27-26-18;1-16-4-2-3-12-6-8(13)7-5-9(20-18-17-11)19-10(7)21(12,14)15/h4-7,10,15H,3,8-9,11,18H2,1-2H3;5,8,13H,2-4,6,11H2,1H3/i2D3;1D3. The zero-order chi connectivity index (χ0) is 43.1. The molecule has 3 aromatic rings. The molecular weight excluding hydrogens is 829 g/mol. The van der Waals surface area contributed by atoms with Crippen molar-refractivity contribution < 1.29 is 70.9 Å². The van der Waals surface area contributed by atoms with Crippen LogP contribution in [-0.4, -0.2) is 92.4 Å². The topological polar surface area (TPSA) is 246 Å². The van der Waals surface area contributed by atoms with Gasteiger partial charge in [0.25, 0.3) is 30.2 Å². The monoisotopic (exact) mass is 872 g/mol. The fourth-order valence-electron chi connectivity index (χ4n) is 4.83. The molecule has 2 aliphatic heterocycles. The molecule has 4 heterocycles. The van der Waals surface area contributed by atoms with Crippen molar-refractivity contribution in [3.05, 3.63) is 53.1 Å². The lowest BCUT2D eigenvalue weighted by atomic mass is 10.2. The van der Waals surface area contributed by atoms with Crippen molar-refractivity contribution in [2.75, 3.05) is 53.5 Å². The molecule has 0 amide bonds. The van der Waals surface area contributed by atoms with Crippen LogP contribution < -0.4 is 11.8 Å². The second-order valence-electron chi connectivity index (χ2n) is 10.6. The van der Waals surface area contributed by atoms with Gasteiger partial charge in [0.15, 0.2) is 0 Å². The maximum absolute atomic E-state index is 13.2. The molecule has 0 spiro atoms. The summed E-state index contributed by atoms with van der Waals surface area (Å²) < 4.78 is 146. The number of hydrogen-bond acceptors (Lipinski definition) is 20. The summed E-state index contributed by atoms with van der Waals surface area (Å²) >= 11 is 3.15. The third-order valence-electron chi connectivity index (χ3n) is 7.18. The van der Waals surface area contributed by atoms with E-state index in [0.29, 0.717) is 20.5 Å². The Balaban J connectivity index is 0.000000273. The number of fused-ring (bicyclic) bond motifs is 2. The Kier molecular flexibility index (Phi) is 13.2. The summed E-state index contributed by atoms with van der Waals surface area (Å²) in [6.45, 7) is 1.000. The van der Waals surface area contributed by atoms with Gasteiger partial charge in [-0.15, -0.1) is 41.3 Å². The highest BCUT2D eigenvalue weighted by atomic mass is 32.3. The maximum Gasteiger partial charge on any atom is 0.297 e. The Morgan fingerprint density at radius 1 is 0.865 bits per heavy atom. The Labute approximate surface area is 327 Å². The highest BCUT2D eigenvalue weighted by Gasteiger charge is 2.42. The van der Waals surface area contributed by atoms with Crippen LogP contribution in [0.25, 0.3) is 0 Å². The van der Waals surface area contributed by atoms with Crippen molar-refractivity contribution in [3.8, 4) is 0 Å². The quantitative estimate of drug-likeness (QED) is 0.0580. The van der Waals surface area contributed by atoms with E-state index in [4.69, 9.17) is 24.2 Å². The molecule has 292 valence electrons. The Morgan fingerprint density at radius 3 is 1.88 bits per heavy atom. The van der Waals surface area contributed by atoms with Crippen LogP contribution in [0.5, 0.6) is 0 Å². The molecule has 0 aliphatic carbocycles. The summed E-state index contributed by atoms with van der Waals surface area (Å²) in [6, 6.07) is 8.97. The van der Waals surface area contributed by atoms with Gasteiger partial charge in [0, 0.05) is 64.6 Å². The molecule has 2 atom stereocenters. The minimum atomic E-state index is -4.23. The van der Waals surface area contributed by atoms with E-state index in [9.17, 15) is 30.4 Å². The van der Waals surface area contributed by atoms with Crippen LogP contribution in [0.2, 0.25) is 0 Å².